The summed E-state index contributed by atoms with van der Waals surface area (Å²) in [5.74, 6) is -0.813. The highest BCUT2D eigenvalue weighted by Gasteiger charge is 2.13. The molecule has 2 aromatic rings. The number of rotatable bonds is 3. The van der Waals surface area contributed by atoms with Crippen LogP contribution in [0, 0.1) is 12.7 Å². The minimum atomic E-state index is -0.438. The molecule has 2 rings (SSSR count). The molecule has 0 aromatic carbocycles. The molecule has 2 aromatic heterocycles. The van der Waals surface area contributed by atoms with Gasteiger partial charge in [0.05, 0.1) is 19.9 Å². The lowest BCUT2D eigenvalue weighted by Crippen LogP contribution is -2.12. The SMILES string of the molecule is COC(=O)c1cccn1Cc1c(C)cncc1F. The predicted molar refractivity (Wildman–Crippen MR) is 63.8 cm³/mol. The highest BCUT2D eigenvalue weighted by atomic mass is 19.1. The van der Waals surface area contributed by atoms with Crippen molar-refractivity contribution in [2.45, 2.75) is 13.5 Å². The van der Waals surface area contributed by atoms with Crippen molar-refractivity contribution in [1.29, 1.82) is 0 Å². The van der Waals surface area contributed by atoms with E-state index in [2.05, 4.69) is 9.72 Å². The van der Waals surface area contributed by atoms with E-state index >= 15 is 0 Å². The second kappa shape index (κ2) is 5.00. The van der Waals surface area contributed by atoms with Crippen LogP contribution in [0.15, 0.2) is 30.7 Å². The Labute approximate surface area is 104 Å². The van der Waals surface area contributed by atoms with E-state index in [4.69, 9.17) is 0 Å². The van der Waals surface area contributed by atoms with Gasteiger partial charge in [-0.2, -0.15) is 0 Å². The predicted octanol–water partition coefficient (Wildman–Crippen LogP) is 2.17. The molecule has 0 aliphatic heterocycles. The summed E-state index contributed by atoms with van der Waals surface area (Å²) < 4.78 is 20.0. The van der Waals surface area contributed by atoms with Crippen LogP contribution in [0.2, 0.25) is 0 Å². The Hall–Kier alpha value is -2.17. The molecule has 0 unspecified atom stereocenters. The van der Waals surface area contributed by atoms with E-state index in [1.165, 1.54) is 13.3 Å². The monoisotopic (exact) mass is 248 g/mol. The minimum Gasteiger partial charge on any atom is -0.464 e. The first-order valence-corrected chi connectivity index (χ1v) is 5.46. The van der Waals surface area contributed by atoms with Crippen molar-refractivity contribution < 1.29 is 13.9 Å². The van der Waals surface area contributed by atoms with E-state index in [0.717, 1.165) is 5.56 Å². The lowest BCUT2D eigenvalue weighted by atomic mass is 10.1. The summed E-state index contributed by atoms with van der Waals surface area (Å²) in [4.78, 5) is 15.3. The number of halogens is 1. The summed E-state index contributed by atoms with van der Waals surface area (Å²) in [6.07, 6.45) is 4.48. The first kappa shape index (κ1) is 12.3. The van der Waals surface area contributed by atoms with Crippen molar-refractivity contribution in [2.24, 2.45) is 0 Å². The summed E-state index contributed by atoms with van der Waals surface area (Å²) in [6, 6.07) is 3.36. The Bertz CT molecular complexity index is 558. The van der Waals surface area contributed by atoms with Gasteiger partial charge in [-0.15, -0.1) is 0 Å². The van der Waals surface area contributed by atoms with Crippen LogP contribution in [0.3, 0.4) is 0 Å². The lowest BCUT2D eigenvalue weighted by molar-refractivity contribution is 0.0589. The lowest BCUT2D eigenvalue weighted by Gasteiger charge is -2.10. The van der Waals surface area contributed by atoms with Gasteiger partial charge in [0.15, 0.2) is 0 Å². The number of hydrogen-bond acceptors (Lipinski definition) is 3. The normalized spacial score (nSPS) is 10.4. The molecule has 94 valence electrons. The largest absolute Gasteiger partial charge is 0.464 e. The number of carbonyl (C=O) groups is 1. The molecule has 0 amide bonds. The number of pyridine rings is 1. The van der Waals surface area contributed by atoms with Crippen LogP contribution in [0.1, 0.15) is 21.6 Å². The van der Waals surface area contributed by atoms with Gasteiger partial charge >= 0.3 is 5.97 Å². The summed E-state index contributed by atoms with van der Waals surface area (Å²) in [5.41, 5.74) is 1.67. The number of hydrogen-bond donors (Lipinski definition) is 0. The second-order valence-electron chi connectivity index (χ2n) is 3.93. The van der Waals surface area contributed by atoms with Crippen LogP contribution in [0.4, 0.5) is 4.39 Å². The Balaban J connectivity index is 2.35. The average Bonchev–Trinajstić information content (AvgIpc) is 2.81. The fraction of sp³-hybridized carbons (Fsp3) is 0.231. The van der Waals surface area contributed by atoms with Gasteiger partial charge in [0, 0.05) is 18.0 Å². The summed E-state index contributed by atoms with van der Waals surface area (Å²) in [5, 5.41) is 0. The molecule has 0 bridgehead atoms. The molecule has 4 nitrogen and oxygen atoms in total. The van der Waals surface area contributed by atoms with Gasteiger partial charge < -0.3 is 9.30 Å². The number of esters is 1. The number of ether oxygens (including phenoxy) is 1. The van der Waals surface area contributed by atoms with E-state index in [1.54, 1.807) is 36.0 Å². The van der Waals surface area contributed by atoms with Crippen LogP contribution in [-0.2, 0) is 11.3 Å². The van der Waals surface area contributed by atoms with Crippen molar-refractivity contribution in [3.8, 4) is 0 Å². The summed E-state index contributed by atoms with van der Waals surface area (Å²) in [7, 11) is 1.32. The Morgan fingerprint density at radius 2 is 2.28 bits per heavy atom. The number of aromatic nitrogens is 2. The highest BCUT2D eigenvalue weighted by molar-refractivity contribution is 5.87. The van der Waals surface area contributed by atoms with Crippen LogP contribution >= 0.6 is 0 Å². The second-order valence-corrected chi connectivity index (χ2v) is 3.93. The quantitative estimate of drug-likeness (QED) is 0.782. The van der Waals surface area contributed by atoms with Crippen molar-refractivity contribution in [2.75, 3.05) is 7.11 Å². The molecular formula is C13H13FN2O2. The molecule has 0 saturated carbocycles. The molecule has 0 saturated heterocycles. The van der Waals surface area contributed by atoms with Crippen molar-refractivity contribution in [3.05, 3.63) is 53.4 Å². The van der Waals surface area contributed by atoms with Gasteiger partial charge in [-0.1, -0.05) is 0 Å². The molecule has 0 radical (unpaired) electrons. The van der Waals surface area contributed by atoms with Crippen molar-refractivity contribution >= 4 is 5.97 Å². The van der Waals surface area contributed by atoms with Gasteiger partial charge in [0.1, 0.15) is 11.5 Å². The fourth-order valence-corrected chi connectivity index (χ4v) is 1.77. The van der Waals surface area contributed by atoms with Crippen LogP contribution in [0.5, 0.6) is 0 Å². The van der Waals surface area contributed by atoms with Gasteiger partial charge in [-0.25, -0.2) is 9.18 Å². The first-order valence-electron chi connectivity index (χ1n) is 5.46. The maximum absolute atomic E-state index is 13.7. The van der Waals surface area contributed by atoms with Crippen molar-refractivity contribution in [1.82, 2.24) is 9.55 Å². The molecule has 2 heterocycles. The van der Waals surface area contributed by atoms with Gasteiger partial charge in [0.25, 0.3) is 0 Å². The number of nitrogens with zero attached hydrogens (tertiary/aromatic N) is 2. The third kappa shape index (κ3) is 2.25. The molecule has 5 heteroatoms. The third-order valence-corrected chi connectivity index (χ3v) is 2.77. The molecule has 0 fully saturated rings. The smallest absolute Gasteiger partial charge is 0.354 e. The molecule has 0 aliphatic rings. The van der Waals surface area contributed by atoms with E-state index in [1.807, 2.05) is 0 Å². The molecule has 0 spiro atoms. The van der Waals surface area contributed by atoms with Crippen molar-refractivity contribution in [3.63, 3.8) is 0 Å². The van der Waals surface area contributed by atoms with E-state index in [0.29, 0.717) is 11.3 Å². The highest BCUT2D eigenvalue weighted by Crippen LogP contribution is 2.15. The number of methoxy groups -OCH3 is 1. The van der Waals surface area contributed by atoms with Gasteiger partial charge in [-0.3, -0.25) is 4.98 Å². The molecular weight excluding hydrogens is 235 g/mol. The standard InChI is InChI=1S/C13H13FN2O2/c1-9-6-15-7-11(14)10(9)8-16-5-3-4-12(16)13(17)18-2/h3-7H,8H2,1-2H3. The first-order chi connectivity index (χ1) is 8.63. The maximum Gasteiger partial charge on any atom is 0.354 e. The summed E-state index contributed by atoms with van der Waals surface area (Å²) in [6.45, 7) is 2.06. The molecule has 0 N–H and O–H groups in total. The van der Waals surface area contributed by atoms with Crippen LogP contribution < -0.4 is 0 Å². The van der Waals surface area contributed by atoms with Crippen LogP contribution in [-0.4, -0.2) is 22.6 Å². The zero-order valence-corrected chi connectivity index (χ0v) is 10.2. The van der Waals surface area contributed by atoms with Gasteiger partial charge in [0.2, 0.25) is 0 Å². The average molecular weight is 248 g/mol. The molecule has 0 aliphatic carbocycles. The number of carbonyl (C=O) groups excluding carboxylic acids is 1. The summed E-state index contributed by atoms with van der Waals surface area (Å²) >= 11 is 0. The molecule has 18 heavy (non-hydrogen) atoms. The third-order valence-electron chi connectivity index (χ3n) is 2.77. The van der Waals surface area contributed by atoms with Crippen LogP contribution in [0.25, 0.3) is 0 Å². The maximum atomic E-state index is 13.7. The van der Waals surface area contributed by atoms with E-state index < -0.39 is 5.97 Å². The Morgan fingerprint density at radius 1 is 1.50 bits per heavy atom. The Morgan fingerprint density at radius 3 is 2.94 bits per heavy atom. The van der Waals surface area contributed by atoms with Gasteiger partial charge in [-0.05, 0) is 24.6 Å². The van der Waals surface area contributed by atoms with E-state index in [9.17, 15) is 9.18 Å². The number of aryl methyl sites for hydroxylation is 1. The zero-order chi connectivity index (χ0) is 13.1. The topological polar surface area (TPSA) is 44.1 Å². The van der Waals surface area contributed by atoms with E-state index in [-0.39, 0.29) is 12.4 Å². The minimum absolute atomic E-state index is 0.275. The zero-order valence-electron chi connectivity index (χ0n) is 10.2. The molecule has 0 atom stereocenters. The fourth-order valence-electron chi connectivity index (χ4n) is 1.77. The Kier molecular flexibility index (Phi) is 3.41.